The highest BCUT2D eigenvalue weighted by molar-refractivity contribution is 5.91. The molecule has 20 heavy (non-hydrogen) atoms. The second-order valence-electron chi connectivity index (χ2n) is 5.84. The molecule has 1 fully saturated rings. The van der Waals surface area contributed by atoms with E-state index in [9.17, 15) is 4.79 Å². The van der Waals surface area contributed by atoms with Gasteiger partial charge in [0, 0.05) is 25.7 Å². The van der Waals surface area contributed by atoms with Crippen LogP contribution in [0.15, 0.2) is 6.07 Å². The molecule has 2 heterocycles. The zero-order valence-electron chi connectivity index (χ0n) is 12.9. The highest BCUT2D eigenvalue weighted by Crippen LogP contribution is 2.14. The van der Waals surface area contributed by atoms with Crippen molar-refractivity contribution < 1.29 is 4.79 Å². The van der Waals surface area contributed by atoms with Gasteiger partial charge in [-0.15, -0.1) is 0 Å². The lowest BCUT2D eigenvalue weighted by Gasteiger charge is -2.35. The highest BCUT2D eigenvalue weighted by atomic mass is 16.2. The normalized spacial score (nSPS) is 20.4. The van der Waals surface area contributed by atoms with E-state index < -0.39 is 0 Å². The van der Waals surface area contributed by atoms with E-state index in [0.29, 0.717) is 12.6 Å². The molecule has 1 N–H and O–H groups in total. The number of likely N-dealkylation sites (N-methyl/N-ethyl adjacent to an activating group) is 1. The first kappa shape index (κ1) is 15.0. The minimum atomic E-state index is 0.0346. The van der Waals surface area contributed by atoms with Crippen LogP contribution in [0.2, 0.25) is 0 Å². The van der Waals surface area contributed by atoms with Crippen LogP contribution >= 0.6 is 0 Å². The molecule has 6 nitrogen and oxygen atoms in total. The molecule has 1 aliphatic rings. The van der Waals surface area contributed by atoms with E-state index in [4.69, 9.17) is 0 Å². The molecular weight excluding hydrogens is 254 g/mol. The summed E-state index contributed by atoms with van der Waals surface area (Å²) in [5, 5.41) is 7.16. The van der Waals surface area contributed by atoms with Crippen molar-refractivity contribution in [2.45, 2.75) is 25.8 Å². The molecule has 1 amide bonds. The molecule has 112 valence electrons. The summed E-state index contributed by atoms with van der Waals surface area (Å²) < 4.78 is 1.70. The number of aromatic nitrogens is 2. The fourth-order valence-corrected chi connectivity index (χ4v) is 2.71. The Morgan fingerprint density at radius 1 is 1.55 bits per heavy atom. The van der Waals surface area contributed by atoms with Gasteiger partial charge in [0.1, 0.15) is 5.82 Å². The van der Waals surface area contributed by atoms with Crippen LogP contribution in [0.3, 0.4) is 0 Å². The third kappa shape index (κ3) is 3.80. The van der Waals surface area contributed by atoms with Crippen molar-refractivity contribution >= 4 is 11.7 Å². The summed E-state index contributed by atoms with van der Waals surface area (Å²) in [5.74, 6) is 0.793. The van der Waals surface area contributed by atoms with Crippen molar-refractivity contribution in [2.24, 2.45) is 7.05 Å². The van der Waals surface area contributed by atoms with Gasteiger partial charge >= 0.3 is 0 Å². The number of hydrogen-bond donors (Lipinski definition) is 1. The van der Waals surface area contributed by atoms with Crippen LogP contribution in [0.25, 0.3) is 0 Å². The summed E-state index contributed by atoms with van der Waals surface area (Å²) in [4.78, 5) is 16.6. The van der Waals surface area contributed by atoms with E-state index in [0.717, 1.165) is 31.0 Å². The van der Waals surface area contributed by atoms with Gasteiger partial charge in [0.25, 0.3) is 0 Å². The molecule has 0 aromatic carbocycles. The lowest BCUT2D eigenvalue weighted by molar-refractivity contribution is -0.117. The zero-order chi connectivity index (χ0) is 14.7. The lowest BCUT2D eigenvalue weighted by Crippen LogP contribution is -2.47. The van der Waals surface area contributed by atoms with Gasteiger partial charge in [-0.1, -0.05) is 0 Å². The largest absolute Gasteiger partial charge is 0.310 e. The van der Waals surface area contributed by atoms with E-state index in [1.807, 2.05) is 20.0 Å². The Bertz CT molecular complexity index is 468. The molecule has 1 saturated heterocycles. The molecule has 1 aromatic heterocycles. The van der Waals surface area contributed by atoms with Gasteiger partial charge in [-0.3, -0.25) is 14.4 Å². The van der Waals surface area contributed by atoms with Crippen molar-refractivity contribution in [1.29, 1.82) is 0 Å². The van der Waals surface area contributed by atoms with Crippen LogP contribution in [-0.2, 0) is 11.8 Å². The summed E-state index contributed by atoms with van der Waals surface area (Å²) in [6, 6.07) is 2.44. The van der Waals surface area contributed by atoms with E-state index >= 15 is 0 Å². The summed E-state index contributed by atoms with van der Waals surface area (Å²) in [7, 11) is 6.05. The van der Waals surface area contributed by atoms with Crippen molar-refractivity contribution in [3.63, 3.8) is 0 Å². The molecule has 0 saturated carbocycles. The van der Waals surface area contributed by atoms with Crippen LogP contribution < -0.4 is 5.32 Å². The van der Waals surface area contributed by atoms with Gasteiger partial charge in [-0.25, -0.2) is 0 Å². The number of nitrogens with one attached hydrogen (secondary N) is 1. The summed E-state index contributed by atoms with van der Waals surface area (Å²) in [6.45, 7) is 4.34. The monoisotopic (exact) mass is 279 g/mol. The smallest absolute Gasteiger partial charge is 0.239 e. The quantitative estimate of drug-likeness (QED) is 0.881. The zero-order valence-corrected chi connectivity index (χ0v) is 12.9. The third-order valence-electron chi connectivity index (χ3n) is 3.85. The average Bonchev–Trinajstić information content (AvgIpc) is 2.67. The molecule has 0 unspecified atom stereocenters. The first-order valence-corrected chi connectivity index (χ1v) is 7.15. The third-order valence-corrected chi connectivity index (χ3v) is 3.85. The summed E-state index contributed by atoms with van der Waals surface area (Å²) in [5.41, 5.74) is 0.911. The number of hydrogen-bond acceptors (Lipinski definition) is 4. The molecule has 0 spiro atoms. The maximum Gasteiger partial charge on any atom is 0.239 e. The molecule has 0 bridgehead atoms. The van der Waals surface area contributed by atoms with Crippen molar-refractivity contribution in [3.05, 3.63) is 11.8 Å². The number of nitrogens with zero attached hydrogens (tertiary/aromatic N) is 4. The number of carbonyl (C=O) groups is 1. The van der Waals surface area contributed by atoms with E-state index in [1.165, 1.54) is 6.42 Å². The van der Waals surface area contributed by atoms with Gasteiger partial charge in [-0.2, -0.15) is 5.10 Å². The van der Waals surface area contributed by atoms with Gasteiger partial charge < -0.3 is 10.2 Å². The Morgan fingerprint density at radius 3 is 2.90 bits per heavy atom. The number of piperidine rings is 1. The topological polar surface area (TPSA) is 53.4 Å². The van der Waals surface area contributed by atoms with E-state index in [1.54, 1.807) is 4.68 Å². The number of anilines is 1. The first-order valence-electron chi connectivity index (χ1n) is 7.15. The molecule has 0 radical (unpaired) electrons. The van der Waals surface area contributed by atoms with Crippen molar-refractivity contribution in [1.82, 2.24) is 19.6 Å². The predicted octanol–water partition coefficient (Wildman–Crippen LogP) is 0.693. The Balaban J connectivity index is 1.86. The fourth-order valence-electron chi connectivity index (χ4n) is 2.71. The van der Waals surface area contributed by atoms with Crippen molar-refractivity contribution in [3.8, 4) is 0 Å². The van der Waals surface area contributed by atoms with Crippen LogP contribution in [0, 0.1) is 6.92 Å². The van der Waals surface area contributed by atoms with Crippen LogP contribution in [0.5, 0.6) is 0 Å². The Morgan fingerprint density at radius 2 is 2.30 bits per heavy atom. The number of likely N-dealkylation sites (tertiary alicyclic amines) is 1. The maximum absolute atomic E-state index is 12.1. The van der Waals surface area contributed by atoms with Crippen LogP contribution in [-0.4, -0.2) is 65.3 Å². The molecular formula is C14H25N5O. The number of carbonyl (C=O) groups excluding carboxylic acids is 1. The minimum Gasteiger partial charge on any atom is -0.310 e. The standard InChI is InChI=1S/C14H25N5O/c1-11-8-13(18(4)16-11)15-14(20)10-19-7-5-6-12(9-19)17(2)3/h8,12H,5-7,9-10H2,1-4H3,(H,15,20)/t12-/m0/s1. The molecule has 1 atom stereocenters. The fraction of sp³-hybridized carbons (Fsp3) is 0.714. The number of rotatable bonds is 4. The number of amides is 1. The average molecular weight is 279 g/mol. The first-order chi connectivity index (χ1) is 9.45. The Hall–Kier alpha value is -1.40. The highest BCUT2D eigenvalue weighted by Gasteiger charge is 2.23. The lowest BCUT2D eigenvalue weighted by atomic mass is 10.1. The second kappa shape index (κ2) is 6.37. The predicted molar refractivity (Wildman–Crippen MR) is 79.7 cm³/mol. The summed E-state index contributed by atoms with van der Waals surface area (Å²) >= 11 is 0. The SMILES string of the molecule is Cc1cc(NC(=O)CN2CCC[C@H](N(C)C)C2)n(C)n1. The van der Waals surface area contributed by atoms with E-state index in [-0.39, 0.29) is 5.91 Å². The number of aryl methyl sites for hydroxylation is 2. The van der Waals surface area contributed by atoms with Crippen LogP contribution in [0.1, 0.15) is 18.5 Å². The second-order valence-corrected chi connectivity index (χ2v) is 5.84. The van der Waals surface area contributed by atoms with Gasteiger partial charge in [0.15, 0.2) is 0 Å². The van der Waals surface area contributed by atoms with Crippen molar-refractivity contribution in [2.75, 3.05) is 39.0 Å². The molecule has 2 rings (SSSR count). The molecule has 0 aliphatic carbocycles. The Labute approximate surface area is 120 Å². The van der Waals surface area contributed by atoms with E-state index in [2.05, 4.69) is 34.3 Å². The van der Waals surface area contributed by atoms with Gasteiger partial charge in [0.05, 0.1) is 12.2 Å². The Kier molecular flexibility index (Phi) is 4.77. The molecule has 1 aliphatic heterocycles. The molecule has 1 aromatic rings. The maximum atomic E-state index is 12.1. The summed E-state index contributed by atoms with van der Waals surface area (Å²) in [6.07, 6.45) is 2.37. The molecule has 6 heteroatoms. The minimum absolute atomic E-state index is 0.0346. The van der Waals surface area contributed by atoms with Crippen LogP contribution in [0.4, 0.5) is 5.82 Å². The van der Waals surface area contributed by atoms with Gasteiger partial charge in [-0.05, 0) is 40.4 Å². The van der Waals surface area contributed by atoms with Gasteiger partial charge in [0.2, 0.25) is 5.91 Å².